The molecule has 1 heterocycles. The average Bonchev–Trinajstić information content (AvgIpc) is 2.34. The molecular formula is C6H9N3O. The van der Waals surface area contributed by atoms with E-state index in [1.54, 1.807) is 12.1 Å². The number of nitrogens with one attached hydrogen (secondary N) is 1. The van der Waals surface area contributed by atoms with E-state index in [1.165, 1.54) is 0 Å². The van der Waals surface area contributed by atoms with Gasteiger partial charge in [0, 0.05) is 12.2 Å². The Bertz CT molecular complexity index is 241. The van der Waals surface area contributed by atoms with Gasteiger partial charge >= 0.3 is 0 Å². The summed E-state index contributed by atoms with van der Waals surface area (Å²) in [4.78, 5) is 13.2. The first-order chi connectivity index (χ1) is 4.74. The lowest BCUT2D eigenvalue weighted by Crippen LogP contribution is -2.11. The van der Waals surface area contributed by atoms with Crippen LogP contribution in [0.4, 0.5) is 0 Å². The van der Waals surface area contributed by atoms with E-state index in [4.69, 9.17) is 11.5 Å². The standard InChI is InChI=1S/C6H9N3O/c7-3-4-1-2-5(9-4)6(8)10/h1-2,9H,3,7H2,(H2,8,10). The van der Waals surface area contributed by atoms with Crippen molar-refractivity contribution in [2.75, 3.05) is 0 Å². The van der Waals surface area contributed by atoms with Crippen molar-refractivity contribution >= 4 is 5.91 Å². The lowest BCUT2D eigenvalue weighted by molar-refractivity contribution is 0.0996. The van der Waals surface area contributed by atoms with Gasteiger partial charge in [0.1, 0.15) is 5.69 Å². The second kappa shape index (κ2) is 2.53. The average molecular weight is 139 g/mol. The zero-order valence-electron chi connectivity index (χ0n) is 5.42. The van der Waals surface area contributed by atoms with Crippen molar-refractivity contribution in [1.82, 2.24) is 4.98 Å². The predicted octanol–water partition coefficient (Wildman–Crippen LogP) is -0.428. The predicted molar refractivity (Wildman–Crippen MR) is 37.2 cm³/mol. The van der Waals surface area contributed by atoms with Crippen LogP contribution in [0.2, 0.25) is 0 Å². The van der Waals surface area contributed by atoms with Gasteiger partial charge in [0.2, 0.25) is 0 Å². The molecule has 1 aromatic rings. The Morgan fingerprint density at radius 3 is 2.60 bits per heavy atom. The Morgan fingerprint density at radius 1 is 1.60 bits per heavy atom. The van der Waals surface area contributed by atoms with E-state index in [0.29, 0.717) is 12.2 Å². The minimum atomic E-state index is -0.459. The van der Waals surface area contributed by atoms with Gasteiger partial charge < -0.3 is 16.5 Å². The van der Waals surface area contributed by atoms with Crippen molar-refractivity contribution in [2.45, 2.75) is 6.54 Å². The molecule has 0 saturated carbocycles. The van der Waals surface area contributed by atoms with Gasteiger partial charge in [-0.3, -0.25) is 4.79 Å². The van der Waals surface area contributed by atoms with Gasteiger partial charge in [-0.05, 0) is 12.1 Å². The molecule has 0 spiro atoms. The SMILES string of the molecule is NCc1ccc(C(N)=O)[nH]1. The highest BCUT2D eigenvalue weighted by molar-refractivity contribution is 5.90. The number of amides is 1. The number of primary amides is 1. The van der Waals surface area contributed by atoms with E-state index in [9.17, 15) is 4.79 Å². The van der Waals surface area contributed by atoms with Crippen LogP contribution in [0.5, 0.6) is 0 Å². The highest BCUT2D eigenvalue weighted by Gasteiger charge is 2.00. The van der Waals surface area contributed by atoms with Gasteiger partial charge in [-0.25, -0.2) is 0 Å². The number of H-pyrrole nitrogens is 1. The Balaban J connectivity index is 2.88. The molecule has 0 bridgehead atoms. The molecule has 0 unspecified atom stereocenters. The topological polar surface area (TPSA) is 84.9 Å². The minimum Gasteiger partial charge on any atom is -0.364 e. The van der Waals surface area contributed by atoms with Gasteiger partial charge in [-0.15, -0.1) is 0 Å². The fourth-order valence-electron chi connectivity index (χ4n) is 0.703. The Labute approximate surface area is 58.2 Å². The van der Waals surface area contributed by atoms with Crippen LogP contribution in [0, 0.1) is 0 Å². The summed E-state index contributed by atoms with van der Waals surface area (Å²) >= 11 is 0. The molecule has 0 radical (unpaired) electrons. The smallest absolute Gasteiger partial charge is 0.265 e. The normalized spacial score (nSPS) is 9.70. The second-order valence-electron chi connectivity index (χ2n) is 1.97. The number of hydrogen-bond acceptors (Lipinski definition) is 2. The van der Waals surface area contributed by atoms with E-state index in [0.717, 1.165) is 5.69 Å². The van der Waals surface area contributed by atoms with E-state index in [-0.39, 0.29) is 0 Å². The molecule has 4 heteroatoms. The first kappa shape index (κ1) is 6.82. The monoisotopic (exact) mass is 139 g/mol. The molecule has 5 N–H and O–H groups in total. The maximum absolute atomic E-state index is 10.5. The zero-order chi connectivity index (χ0) is 7.56. The van der Waals surface area contributed by atoms with E-state index < -0.39 is 5.91 Å². The number of rotatable bonds is 2. The first-order valence-electron chi connectivity index (χ1n) is 2.92. The third kappa shape index (κ3) is 1.16. The summed E-state index contributed by atoms with van der Waals surface area (Å²) in [7, 11) is 0. The number of hydrogen-bond donors (Lipinski definition) is 3. The van der Waals surface area contributed by atoms with Crippen LogP contribution in [0.15, 0.2) is 12.1 Å². The highest BCUT2D eigenvalue weighted by atomic mass is 16.1. The van der Waals surface area contributed by atoms with Gasteiger partial charge in [0.25, 0.3) is 5.91 Å². The van der Waals surface area contributed by atoms with Crippen molar-refractivity contribution in [2.24, 2.45) is 11.5 Å². The number of aromatic amines is 1. The molecule has 1 amide bonds. The van der Waals surface area contributed by atoms with Gasteiger partial charge in [0.05, 0.1) is 0 Å². The van der Waals surface area contributed by atoms with Crippen LogP contribution >= 0.6 is 0 Å². The van der Waals surface area contributed by atoms with Crippen LogP contribution in [-0.4, -0.2) is 10.9 Å². The van der Waals surface area contributed by atoms with Crippen LogP contribution in [0.3, 0.4) is 0 Å². The maximum atomic E-state index is 10.5. The Kier molecular flexibility index (Phi) is 1.73. The molecule has 0 aliphatic carbocycles. The summed E-state index contributed by atoms with van der Waals surface area (Å²) in [6, 6.07) is 3.35. The van der Waals surface area contributed by atoms with Crippen molar-refractivity contribution in [3.05, 3.63) is 23.5 Å². The summed E-state index contributed by atoms with van der Waals surface area (Å²) in [5, 5.41) is 0. The Morgan fingerprint density at radius 2 is 2.30 bits per heavy atom. The fourth-order valence-corrected chi connectivity index (χ4v) is 0.703. The van der Waals surface area contributed by atoms with Gasteiger partial charge in [-0.1, -0.05) is 0 Å². The lowest BCUT2D eigenvalue weighted by atomic mass is 10.4. The molecule has 0 aliphatic rings. The largest absolute Gasteiger partial charge is 0.364 e. The molecule has 10 heavy (non-hydrogen) atoms. The molecule has 4 nitrogen and oxygen atoms in total. The molecule has 0 fully saturated rings. The molecule has 1 aromatic heterocycles. The molecule has 1 rings (SSSR count). The van der Waals surface area contributed by atoms with Crippen LogP contribution < -0.4 is 11.5 Å². The summed E-state index contributed by atoms with van der Waals surface area (Å²) in [5.74, 6) is -0.459. The molecular weight excluding hydrogens is 130 g/mol. The van der Waals surface area contributed by atoms with Crippen molar-refractivity contribution in [3.63, 3.8) is 0 Å². The van der Waals surface area contributed by atoms with Crippen molar-refractivity contribution < 1.29 is 4.79 Å². The lowest BCUT2D eigenvalue weighted by Gasteiger charge is -1.88. The number of carbonyl (C=O) groups is 1. The van der Waals surface area contributed by atoms with E-state index in [1.807, 2.05) is 0 Å². The number of nitrogens with two attached hydrogens (primary N) is 2. The maximum Gasteiger partial charge on any atom is 0.265 e. The molecule has 0 atom stereocenters. The van der Waals surface area contributed by atoms with Gasteiger partial charge in [0.15, 0.2) is 0 Å². The fraction of sp³-hybridized carbons (Fsp3) is 0.167. The van der Waals surface area contributed by atoms with Crippen molar-refractivity contribution in [1.29, 1.82) is 0 Å². The van der Waals surface area contributed by atoms with E-state index in [2.05, 4.69) is 4.98 Å². The third-order valence-corrected chi connectivity index (χ3v) is 1.23. The second-order valence-corrected chi connectivity index (χ2v) is 1.97. The minimum absolute atomic E-state index is 0.396. The summed E-state index contributed by atoms with van der Waals surface area (Å²) in [5.41, 5.74) is 11.5. The van der Waals surface area contributed by atoms with Crippen LogP contribution in [0.1, 0.15) is 16.2 Å². The Hall–Kier alpha value is -1.29. The summed E-state index contributed by atoms with van der Waals surface area (Å²) in [6.45, 7) is 0.396. The number of carbonyl (C=O) groups excluding carboxylic acids is 1. The molecule has 0 saturated heterocycles. The van der Waals surface area contributed by atoms with E-state index >= 15 is 0 Å². The highest BCUT2D eigenvalue weighted by Crippen LogP contribution is 1.98. The van der Waals surface area contributed by atoms with Crippen LogP contribution in [-0.2, 0) is 6.54 Å². The quantitative estimate of drug-likeness (QED) is 0.519. The molecule has 0 aliphatic heterocycles. The summed E-state index contributed by atoms with van der Waals surface area (Å²) < 4.78 is 0. The first-order valence-corrected chi connectivity index (χ1v) is 2.92. The van der Waals surface area contributed by atoms with Crippen molar-refractivity contribution in [3.8, 4) is 0 Å². The van der Waals surface area contributed by atoms with Crippen LogP contribution in [0.25, 0.3) is 0 Å². The third-order valence-electron chi connectivity index (χ3n) is 1.23. The molecule has 0 aromatic carbocycles. The molecule has 54 valence electrons. The summed E-state index contributed by atoms with van der Waals surface area (Å²) in [6.07, 6.45) is 0. The zero-order valence-corrected chi connectivity index (χ0v) is 5.42. The number of aromatic nitrogens is 1. The van der Waals surface area contributed by atoms with Gasteiger partial charge in [-0.2, -0.15) is 0 Å².